The van der Waals surface area contributed by atoms with Gasteiger partial charge >= 0.3 is 10.4 Å². The summed E-state index contributed by atoms with van der Waals surface area (Å²) in [5, 5.41) is 55.4. The highest BCUT2D eigenvalue weighted by molar-refractivity contribution is 7.80. The number of hydrogen-bond donors (Lipinski definition) is 7. The van der Waals surface area contributed by atoms with E-state index in [-0.39, 0.29) is 6.42 Å². The third kappa shape index (κ3) is 34.7. The fourth-order valence-electron chi connectivity index (χ4n) is 8.00. The fraction of sp³-hybridized carbons (Fsp3) is 0.792. The normalized spacial score (nSPS) is 20.9. The first-order valence-electron chi connectivity index (χ1n) is 26.3. The molecule has 0 aliphatic carbocycles. The van der Waals surface area contributed by atoms with Crippen LogP contribution in [0.5, 0.6) is 0 Å². The van der Waals surface area contributed by atoms with Gasteiger partial charge in [-0.1, -0.05) is 197 Å². The molecule has 0 bridgehead atoms. The number of nitrogens with one attached hydrogen (secondary N) is 1. The van der Waals surface area contributed by atoms with Crippen molar-refractivity contribution in [3.63, 3.8) is 0 Å². The molecule has 7 N–H and O–H groups in total. The molecule has 1 heterocycles. The smallest absolute Gasteiger partial charge is 0.394 e. The van der Waals surface area contributed by atoms with Gasteiger partial charge in [-0.05, 0) is 70.6 Å². The van der Waals surface area contributed by atoms with Crippen LogP contribution in [-0.4, -0.2) is 107 Å². The van der Waals surface area contributed by atoms with E-state index in [9.17, 15) is 43.3 Å². The SMILES string of the molecule is CC/C=C\C/C=C\CCCCCCCCCCCCCCCC(O)C(=O)NC(COC1OC(CO)C(O)C(OS(=O)(=O)O)C1O)C(O)/C=C/CC/C=C/CC/C=C/CCCCCCCCCC. The summed E-state index contributed by atoms with van der Waals surface area (Å²) in [5.41, 5.74) is 0. The van der Waals surface area contributed by atoms with E-state index in [1.165, 1.54) is 122 Å². The summed E-state index contributed by atoms with van der Waals surface area (Å²) in [6.45, 7) is 3.10. The number of hydrogen-bond acceptors (Lipinski definition) is 11. The summed E-state index contributed by atoms with van der Waals surface area (Å²) in [6, 6.07) is -1.15. The molecule has 0 saturated carbocycles. The van der Waals surface area contributed by atoms with Crippen LogP contribution in [0.15, 0.2) is 60.8 Å². The highest BCUT2D eigenvalue weighted by Crippen LogP contribution is 2.26. The molecule has 0 aromatic heterocycles. The maximum Gasteiger partial charge on any atom is 0.397 e. The van der Waals surface area contributed by atoms with Gasteiger partial charge in [0.25, 0.3) is 0 Å². The first-order valence-corrected chi connectivity index (χ1v) is 27.6. The van der Waals surface area contributed by atoms with Crippen molar-refractivity contribution in [2.45, 2.75) is 255 Å². The predicted molar refractivity (Wildman–Crippen MR) is 270 cm³/mol. The molecular formula is C53H95NO12S. The topological polar surface area (TPSA) is 212 Å². The molecule has 1 aliphatic heterocycles. The minimum Gasteiger partial charge on any atom is -0.394 e. The third-order valence-corrected chi connectivity index (χ3v) is 12.6. The largest absolute Gasteiger partial charge is 0.397 e. The number of allylic oxidation sites excluding steroid dienone is 9. The van der Waals surface area contributed by atoms with E-state index in [2.05, 4.69) is 72.0 Å². The standard InChI is InChI=1S/C53H95NO12S/c1-3-5-7-9-11-13-15-17-19-21-23-24-26-28-30-32-34-36-38-40-42-47(57)52(60)54-45(44-64-53-50(59)51(66-67(61,62)63)49(58)48(43-55)65-53)46(56)41-39-37-35-33-31-29-27-25-22-20-18-16-14-12-10-8-6-4-2/h5,7,11,13,22,25,31,33,39,41,45-51,53,55-59H,3-4,6,8-10,12,14-21,23-24,26-30,32,34-38,40,42-44H2,1-2H3,(H,54,60)(H,61,62,63)/b7-5-,13-11-,25-22+,33-31+,41-39+. The van der Waals surface area contributed by atoms with Crippen molar-refractivity contribution in [1.29, 1.82) is 0 Å². The molecule has 1 amide bonds. The molecule has 8 unspecified atom stereocenters. The highest BCUT2D eigenvalue weighted by Gasteiger charge is 2.48. The Labute approximate surface area is 406 Å². The number of amides is 1. The Balaban J connectivity index is 2.53. The minimum atomic E-state index is -5.13. The van der Waals surface area contributed by atoms with Gasteiger partial charge in [0.2, 0.25) is 5.91 Å². The number of carbonyl (C=O) groups excluding carboxylic acids is 1. The first kappa shape index (κ1) is 62.8. The lowest BCUT2D eigenvalue weighted by molar-refractivity contribution is -0.298. The maximum atomic E-state index is 13.2. The number of aliphatic hydroxyl groups is 5. The first-order chi connectivity index (χ1) is 32.4. The van der Waals surface area contributed by atoms with Crippen LogP contribution in [0.2, 0.25) is 0 Å². The summed E-state index contributed by atoms with van der Waals surface area (Å²) in [4.78, 5) is 13.2. The van der Waals surface area contributed by atoms with Gasteiger partial charge in [-0.2, -0.15) is 8.42 Å². The Kier molecular flexibility index (Phi) is 39.9. The Hall–Kier alpha value is -2.24. The van der Waals surface area contributed by atoms with Crippen LogP contribution in [0, 0.1) is 0 Å². The van der Waals surface area contributed by atoms with Crippen LogP contribution in [-0.2, 0) is 28.9 Å². The summed E-state index contributed by atoms with van der Waals surface area (Å²) in [7, 11) is -5.13. The number of rotatable bonds is 44. The third-order valence-electron chi connectivity index (χ3n) is 12.1. The van der Waals surface area contributed by atoms with E-state index >= 15 is 0 Å². The molecule has 0 spiro atoms. The summed E-state index contributed by atoms with van der Waals surface area (Å²) >= 11 is 0. The molecule has 1 fully saturated rings. The number of unbranched alkanes of at least 4 members (excludes halogenated alkanes) is 23. The van der Waals surface area contributed by atoms with Crippen molar-refractivity contribution in [3.8, 4) is 0 Å². The van der Waals surface area contributed by atoms with Crippen LogP contribution < -0.4 is 5.32 Å². The zero-order valence-corrected chi connectivity index (χ0v) is 42.4. The van der Waals surface area contributed by atoms with Crippen LogP contribution in [0.3, 0.4) is 0 Å². The number of ether oxygens (including phenoxy) is 2. The van der Waals surface area contributed by atoms with Crippen LogP contribution in [0.1, 0.15) is 206 Å². The van der Waals surface area contributed by atoms with E-state index in [1.807, 2.05) is 0 Å². The molecule has 1 aliphatic rings. The van der Waals surface area contributed by atoms with Gasteiger partial charge in [0.05, 0.1) is 25.4 Å². The molecule has 0 radical (unpaired) electrons. The van der Waals surface area contributed by atoms with E-state index in [4.69, 9.17) is 9.47 Å². The Morgan fingerprint density at radius 2 is 1.09 bits per heavy atom. The molecule has 14 heteroatoms. The molecular weight excluding hydrogens is 875 g/mol. The van der Waals surface area contributed by atoms with Crippen molar-refractivity contribution in [2.75, 3.05) is 13.2 Å². The van der Waals surface area contributed by atoms with Crippen LogP contribution >= 0.6 is 0 Å². The molecule has 8 atom stereocenters. The average molecular weight is 970 g/mol. The van der Waals surface area contributed by atoms with Crippen LogP contribution in [0.25, 0.3) is 0 Å². The zero-order chi connectivity index (χ0) is 49.2. The van der Waals surface area contributed by atoms with Gasteiger partial charge < -0.3 is 40.3 Å². The monoisotopic (exact) mass is 970 g/mol. The van der Waals surface area contributed by atoms with Crippen molar-refractivity contribution < 1.29 is 57.0 Å². The van der Waals surface area contributed by atoms with Gasteiger partial charge in [-0.15, -0.1) is 0 Å². The minimum absolute atomic E-state index is 0.231. The lowest BCUT2D eigenvalue weighted by Gasteiger charge is -2.41. The summed E-state index contributed by atoms with van der Waals surface area (Å²) in [6.07, 6.45) is 43.0. The van der Waals surface area contributed by atoms with Gasteiger partial charge in [-0.25, -0.2) is 4.18 Å². The molecule has 390 valence electrons. The van der Waals surface area contributed by atoms with Gasteiger partial charge in [0.1, 0.15) is 30.5 Å². The number of aliphatic hydroxyl groups excluding tert-OH is 5. The lowest BCUT2D eigenvalue weighted by Crippen LogP contribution is -2.61. The van der Waals surface area contributed by atoms with Crippen LogP contribution in [0.4, 0.5) is 0 Å². The Morgan fingerprint density at radius 1 is 0.627 bits per heavy atom. The van der Waals surface area contributed by atoms with E-state index in [0.29, 0.717) is 12.8 Å². The Morgan fingerprint density at radius 3 is 1.60 bits per heavy atom. The lowest BCUT2D eigenvalue weighted by atomic mass is 9.99. The molecule has 1 rings (SSSR count). The average Bonchev–Trinajstić information content (AvgIpc) is 3.30. The molecule has 0 aromatic carbocycles. The number of carbonyl (C=O) groups is 1. The van der Waals surface area contributed by atoms with E-state index < -0.39 is 78.5 Å². The summed E-state index contributed by atoms with van der Waals surface area (Å²) in [5.74, 6) is -0.718. The molecule has 13 nitrogen and oxygen atoms in total. The van der Waals surface area contributed by atoms with E-state index in [1.54, 1.807) is 6.08 Å². The highest BCUT2D eigenvalue weighted by atomic mass is 32.3. The van der Waals surface area contributed by atoms with Crippen molar-refractivity contribution in [3.05, 3.63) is 60.8 Å². The van der Waals surface area contributed by atoms with Crippen molar-refractivity contribution >= 4 is 16.3 Å². The quantitative estimate of drug-likeness (QED) is 0.0173. The maximum absolute atomic E-state index is 13.2. The van der Waals surface area contributed by atoms with Crippen molar-refractivity contribution in [2.24, 2.45) is 0 Å². The molecule has 67 heavy (non-hydrogen) atoms. The second kappa shape index (κ2) is 42.6. The molecule has 1 saturated heterocycles. The van der Waals surface area contributed by atoms with E-state index in [0.717, 1.165) is 57.8 Å². The summed E-state index contributed by atoms with van der Waals surface area (Å²) < 4.78 is 47.6. The van der Waals surface area contributed by atoms with Gasteiger partial charge in [0, 0.05) is 0 Å². The second-order valence-electron chi connectivity index (χ2n) is 18.2. The second-order valence-corrected chi connectivity index (χ2v) is 19.2. The van der Waals surface area contributed by atoms with Gasteiger partial charge in [-0.3, -0.25) is 9.35 Å². The van der Waals surface area contributed by atoms with Gasteiger partial charge in [0.15, 0.2) is 6.29 Å². The molecule has 0 aromatic rings. The zero-order valence-electron chi connectivity index (χ0n) is 41.6. The van der Waals surface area contributed by atoms with Crippen molar-refractivity contribution in [1.82, 2.24) is 5.32 Å². The predicted octanol–water partition coefficient (Wildman–Crippen LogP) is 10.4. The fourth-order valence-corrected chi connectivity index (χ4v) is 8.51. The Bertz CT molecular complexity index is 1440.